The van der Waals surface area contributed by atoms with E-state index in [2.05, 4.69) is 0 Å². The van der Waals surface area contributed by atoms with Crippen LogP contribution in [-0.4, -0.2) is 31.7 Å². The fourth-order valence-electron chi connectivity index (χ4n) is 2.80. The van der Waals surface area contributed by atoms with E-state index >= 15 is 0 Å². The number of rotatable bonds is 0. The van der Waals surface area contributed by atoms with Gasteiger partial charge in [0.1, 0.15) is 17.2 Å². The molecule has 0 aliphatic heterocycles. The van der Waals surface area contributed by atoms with Crippen molar-refractivity contribution in [1.82, 2.24) is 4.79 Å². The third kappa shape index (κ3) is 2.90. The van der Waals surface area contributed by atoms with Gasteiger partial charge in [0.25, 0.3) is 0 Å². The van der Waals surface area contributed by atoms with E-state index in [0.717, 1.165) is 12.1 Å². The second-order valence-corrected chi connectivity index (χ2v) is 5.78. The predicted octanol–water partition coefficient (Wildman–Crippen LogP) is 3.11. The van der Waals surface area contributed by atoms with E-state index in [-0.39, 0.29) is 33.8 Å². The molecule has 4 rings (SSSR count). The van der Waals surface area contributed by atoms with Crippen molar-refractivity contribution in [3.8, 4) is 17.2 Å². The lowest BCUT2D eigenvalue weighted by atomic mass is 9.82. The minimum absolute atomic E-state index is 0.0648. The predicted molar refractivity (Wildman–Crippen MR) is 90.4 cm³/mol. The van der Waals surface area contributed by atoms with E-state index in [0.29, 0.717) is 10.4 Å². The van der Waals surface area contributed by atoms with Crippen LogP contribution in [0.4, 0.5) is 4.48 Å². The highest BCUT2D eigenvalue weighted by Gasteiger charge is 2.34. The van der Waals surface area contributed by atoms with Gasteiger partial charge in [0, 0.05) is 29.6 Å². The molecule has 0 spiro atoms. The Morgan fingerprint density at radius 2 is 1.35 bits per heavy atom. The number of benzene rings is 2. The summed E-state index contributed by atoms with van der Waals surface area (Å²) in [6.45, 7) is 1.69. The first-order chi connectivity index (χ1) is 12.3. The van der Waals surface area contributed by atoms with E-state index in [9.17, 15) is 29.4 Å². The number of phenolic OH excluding ortho intramolecular Hbond substituents is 3. The van der Waals surface area contributed by atoms with Crippen LogP contribution < -0.4 is 0 Å². The van der Waals surface area contributed by atoms with Crippen LogP contribution in [0.1, 0.15) is 37.4 Å². The maximum atomic E-state index is 12.4. The molecule has 0 unspecified atom stereocenters. The van der Waals surface area contributed by atoms with Crippen LogP contribution in [0, 0.1) is 6.92 Å². The van der Waals surface area contributed by atoms with Crippen LogP contribution >= 0.6 is 0 Å². The van der Waals surface area contributed by atoms with Gasteiger partial charge in [-0.1, -0.05) is 4.48 Å². The lowest BCUT2D eigenvalue weighted by Crippen LogP contribution is -2.21. The summed E-state index contributed by atoms with van der Waals surface area (Å²) in [5, 5.41) is 29.1. The Kier molecular flexibility index (Phi) is 4.21. The third-order valence-electron chi connectivity index (χ3n) is 3.88. The molecule has 6 nitrogen and oxygen atoms in total. The highest BCUT2D eigenvalue weighted by Crippen LogP contribution is 2.38. The number of carbonyl (C=O) groups excluding carboxylic acids is 2. The second kappa shape index (κ2) is 6.36. The Balaban J connectivity index is 0.000000278. The van der Waals surface area contributed by atoms with E-state index in [4.69, 9.17) is 0 Å². The van der Waals surface area contributed by atoms with Crippen LogP contribution in [0.2, 0.25) is 0 Å². The van der Waals surface area contributed by atoms with Crippen molar-refractivity contribution >= 4 is 11.6 Å². The van der Waals surface area contributed by atoms with Gasteiger partial charge >= 0.3 is 0 Å². The summed E-state index contributed by atoms with van der Waals surface area (Å²) in [5.41, 5.74) is 0.332. The molecule has 2 aromatic carbocycles. The number of carbonyl (C=O) groups is 2. The Hall–Kier alpha value is -3.61. The van der Waals surface area contributed by atoms with Crippen molar-refractivity contribution < 1.29 is 29.4 Å². The molecule has 26 heavy (non-hydrogen) atoms. The number of fused-ring (bicyclic) bond motifs is 2. The number of phenols is 3. The Bertz CT molecular complexity index is 961. The molecule has 0 saturated carbocycles. The minimum atomic E-state index is -0.635. The first-order valence-corrected chi connectivity index (χ1v) is 7.57. The number of hydrogen-bond acceptors (Lipinski definition) is 5. The van der Waals surface area contributed by atoms with Gasteiger partial charge in [-0.2, -0.15) is 4.79 Å². The van der Waals surface area contributed by atoms with Crippen molar-refractivity contribution in [3.63, 3.8) is 0 Å². The normalized spacial score (nSPS) is 12.1. The Labute approximate surface area is 147 Å². The van der Waals surface area contributed by atoms with Crippen molar-refractivity contribution in [2.24, 2.45) is 0 Å². The number of aromatic hydroxyl groups is 3. The number of aryl methyl sites for hydroxylation is 1. The number of nitrogens with zero attached hydrogens (tertiary/aromatic N) is 1. The molecule has 1 aliphatic rings. The molecule has 0 atom stereocenters. The van der Waals surface area contributed by atoms with Gasteiger partial charge in [-0.25, -0.2) is 0 Å². The molecule has 0 fully saturated rings. The van der Waals surface area contributed by atoms with Gasteiger partial charge in [-0.3, -0.25) is 9.59 Å². The molecule has 1 heterocycles. The average Bonchev–Trinajstić information content (AvgIpc) is 3.02. The van der Waals surface area contributed by atoms with E-state index in [1.54, 1.807) is 19.1 Å². The van der Waals surface area contributed by atoms with Gasteiger partial charge in [-0.05, 0) is 42.8 Å². The molecule has 3 aromatic rings. The zero-order valence-electron chi connectivity index (χ0n) is 13.6. The van der Waals surface area contributed by atoms with E-state index < -0.39 is 17.3 Å². The smallest absolute Gasteiger partial charge is 0.201 e. The standard InChI is InChI=1S/C15H10O5.C4H4FN/c1-6-2-8-12(10(17)3-6)15(20)13-9(14(8)19)4-7(16)5-11(13)18;5-6-3-1-2-4-6/h2-5,16-18H,1H3;1-4H. The molecular formula is C19H14FNO5. The molecule has 1 aliphatic carbocycles. The van der Waals surface area contributed by atoms with Gasteiger partial charge in [0.2, 0.25) is 5.78 Å². The van der Waals surface area contributed by atoms with Gasteiger partial charge in [0.15, 0.2) is 5.78 Å². The fraction of sp³-hybridized carbons (Fsp3) is 0.0526. The maximum Gasteiger partial charge on any atom is 0.201 e. The Morgan fingerprint density at radius 1 is 0.808 bits per heavy atom. The van der Waals surface area contributed by atoms with Gasteiger partial charge in [-0.15, -0.1) is 0 Å². The minimum Gasteiger partial charge on any atom is -0.508 e. The average molecular weight is 355 g/mol. The summed E-state index contributed by atoms with van der Waals surface area (Å²) in [6.07, 6.45) is 2.67. The molecule has 7 heteroatoms. The second-order valence-electron chi connectivity index (χ2n) is 5.78. The zero-order valence-corrected chi connectivity index (χ0v) is 13.6. The van der Waals surface area contributed by atoms with Crippen molar-refractivity contribution in [1.29, 1.82) is 0 Å². The lowest BCUT2D eigenvalue weighted by Gasteiger charge is -2.19. The lowest BCUT2D eigenvalue weighted by molar-refractivity contribution is 0.0974. The molecule has 0 amide bonds. The van der Waals surface area contributed by atoms with E-state index in [1.807, 2.05) is 0 Å². The summed E-state index contributed by atoms with van der Waals surface area (Å²) in [6, 6.07) is 8.25. The summed E-state index contributed by atoms with van der Waals surface area (Å²) in [7, 11) is 0. The van der Waals surface area contributed by atoms with Gasteiger partial charge < -0.3 is 15.3 Å². The fourth-order valence-corrected chi connectivity index (χ4v) is 2.80. The van der Waals surface area contributed by atoms with Crippen LogP contribution in [0.5, 0.6) is 17.2 Å². The summed E-state index contributed by atoms with van der Waals surface area (Å²) < 4.78 is 11.6. The summed E-state index contributed by atoms with van der Waals surface area (Å²) >= 11 is 0. The monoisotopic (exact) mass is 355 g/mol. The molecule has 132 valence electrons. The largest absolute Gasteiger partial charge is 0.508 e. The number of halogens is 1. The SMILES string of the molecule is Cc1cc(O)c2c(c1)C(=O)c1cc(O)cc(O)c1C2=O.Fn1cccc1. The first kappa shape index (κ1) is 17.2. The topological polar surface area (TPSA) is 99.8 Å². The molecule has 1 aromatic heterocycles. The first-order valence-electron chi connectivity index (χ1n) is 7.57. The van der Waals surface area contributed by atoms with Crippen LogP contribution in [0.25, 0.3) is 0 Å². The maximum absolute atomic E-state index is 12.4. The highest BCUT2D eigenvalue weighted by molar-refractivity contribution is 6.30. The quantitative estimate of drug-likeness (QED) is 0.450. The molecule has 0 saturated heterocycles. The molecular weight excluding hydrogens is 341 g/mol. The van der Waals surface area contributed by atoms with E-state index in [1.165, 1.54) is 24.5 Å². The third-order valence-corrected chi connectivity index (χ3v) is 3.88. The van der Waals surface area contributed by atoms with Crippen LogP contribution in [0.15, 0.2) is 48.8 Å². The van der Waals surface area contributed by atoms with Gasteiger partial charge in [0.05, 0.1) is 11.1 Å². The number of hydrogen-bond donors (Lipinski definition) is 3. The van der Waals surface area contributed by atoms with Crippen LogP contribution in [0.3, 0.4) is 0 Å². The molecule has 3 N–H and O–H groups in total. The number of aromatic nitrogens is 1. The van der Waals surface area contributed by atoms with Crippen molar-refractivity contribution in [2.75, 3.05) is 0 Å². The molecule has 0 radical (unpaired) electrons. The van der Waals surface area contributed by atoms with Crippen LogP contribution in [-0.2, 0) is 0 Å². The summed E-state index contributed by atoms with van der Waals surface area (Å²) in [5.74, 6) is -2.23. The summed E-state index contributed by atoms with van der Waals surface area (Å²) in [4.78, 5) is 25.2. The number of ketones is 2. The zero-order chi connectivity index (χ0) is 19.0. The Morgan fingerprint density at radius 3 is 1.88 bits per heavy atom. The van der Waals surface area contributed by atoms with Crippen molar-refractivity contribution in [3.05, 3.63) is 76.6 Å². The molecule has 0 bridgehead atoms. The highest BCUT2D eigenvalue weighted by atomic mass is 19.2. The van der Waals surface area contributed by atoms with Crippen molar-refractivity contribution in [2.45, 2.75) is 6.92 Å².